The number of aromatic nitrogens is 1. The molecule has 3 aromatic rings. The second-order valence-electron chi connectivity index (χ2n) is 7.04. The SMILES string of the molecule is O=C(NCc1ccc(S(=O)(=O)N2CCCC2)cc1)c1cc2ccccc2[nH]c1=O. The van der Waals surface area contributed by atoms with Crippen LogP contribution < -0.4 is 10.9 Å². The summed E-state index contributed by atoms with van der Waals surface area (Å²) in [5.41, 5.74) is 1.00. The van der Waals surface area contributed by atoms with Crippen LogP contribution >= 0.6 is 0 Å². The lowest BCUT2D eigenvalue weighted by atomic mass is 10.1. The summed E-state index contributed by atoms with van der Waals surface area (Å²) in [5.74, 6) is -0.481. The summed E-state index contributed by atoms with van der Waals surface area (Å²) in [6.07, 6.45) is 1.77. The van der Waals surface area contributed by atoms with Gasteiger partial charge in [0.25, 0.3) is 11.5 Å². The molecule has 1 amide bonds. The van der Waals surface area contributed by atoms with Crippen molar-refractivity contribution in [3.05, 3.63) is 76.1 Å². The highest BCUT2D eigenvalue weighted by atomic mass is 32.2. The van der Waals surface area contributed by atoms with E-state index >= 15 is 0 Å². The highest BCUT2D eigenvalue weighted by Gasteiger charge is 2.26. The van der Waals surface area contributed by atoms with Crippen molar-refractivity contribution in [2.45, 2.75) is 24.3 Å². The Bertz CT molecular complexity index is 1210. The van der Waals surface area contributed by atoms with Gasteiger partial charge in [-0.3, -0.25) is 9.59 Å². The van der Waals surface area contributed by atoms with Crippen LogP contribution in [0, 0.1) is 0 Å². The quantitative estimate of drug-likeness (QED) is 0.673. The Morgan fingerprint density at radius 2 is 1.72 bits per heavy atom. The van der Waals surface area contributed by atoms with Crippen LogP contribution in [-0.4, -0.2) is 36.7 Å². The molecule has 29 heavy (non-hydrogen) atoms. The van der Waals surface area contributed by atoms with Gasteiger partial charge in [0.1, 0.15) is 5.56 Å². The third-order valence-corrected chi connectivity index (χ3v) is 6.99. The maximum atomic E-state index is 12.6. The zero-order valence-electron chi connectivity index (χ0n) is 15.7. The molecule has 7 nitrogen and oxygen atoms in total. The number of nitrogens with one attached hydrogen (secondary N) is 2. The fourth-order valence-corrected chi connectivity index (χ4v) is 4.97. The number of benzene rings is 2. The van der Waals surface area contributed by atoms with E-state index in [-0.39, 0.29) is 17.0 Å². The normalized spacial score (nSPS) is 14.9. The Balaban J connectivity index is 1.46. The summed E-state index contributed by atoms with van der Waals surface area (Å²) in [6, 6.07) is 15.3. The van der Waals surface area contributed by atoms with Gasteiger partial charge in [-0.15, -0.1) is 0 Å². The molecule has 0 radical (unpaired) electrons. The predicted molar refractivity (Wildman–Crippen MR) is 110 cm³/mol. The molecule has 4 rings (SSSR count). The molecule has 2 heterocycles. The fourth-order valence-electron chi connectivity index (χ4n) is 3.45. The van der Waals surface area contributed by atoms with Gasteiger partial charge in [-0.2, -0.15) is 4.31 Å². The molecule has 8 heteroatoms. The Kier molecular flexibility index (Phi) is 5.21. The van der Waals surface area contributed by atoms with Crippen LogP contribution in [0.5, 0.6) is 0 Å². The second kappa shape index (κ2) is 7.81. The molecular weight excluding hydrogens is 390 g/mol. The van der Waals surface area contributed by atoms with Crippen LogP contribution in [0.1, 0.15) is 28.8 Å². The molecule has 2 N–H and O–H groups in total. The summed E-state index contributed by atoms with van der Waals surface area (Å²) < 4.78 is 26.6. The van der Waals surface area contributed by atoms with Crippen molar-refractivity contribution in [3.8, 4) is 0 Å². The summed E-state index contributed by atoms with van der Waals surface area (Å²) in [5, 5.41) is 3.49. The van der Waals surface area contributed by atoms with Crippen LogP contribution in [0.25, 0.3) is 10.9 Å². The van der Waals surface area contributed by atoms with Gasteiger partial charge in [0.15, 0.2) is 0 Å². The van der Waals surface area contributed by atoms with E-state index in [1.165, 1.54) is 4.31 Å². The molecule has 1 aromatic heterocycles. The van der Waals surface area contributed by atoms with Crippen LogP contribution in [0.15, 0.2) is 64.3 Å². The largest absolute Gasteiger partial charge is 0.348 e. The van der Waals surface area contributed by atoms with E-state index < -0.39 is 21.5 Å². The van der Waals surface area contributed by atoms with Gasteiger partial charge in [-0.1, -0.05) is 30.3 Å². The molecule has 0 unspecified atom stereocenters. The number of amides is 1. The Morgan fingerprint density at radius 3 is 2.45 bits per heavy atom. The van der Waals surface area contributed by atoms with Crippen molar-refractivity contribution in [2.75, 3.05) is 13.1 Å². The lowest BCUT2D eigenvalue weighted by molar-refractivity contribution is 0.0949. The van der Waals surface area contributed by atoms with Gasteiger partial charge in [0.2, 0.25) is 10.0 Å². The van der Waals surface area contributed by atoms with Crippen molar-refractivity contribution < 1.29 is 13.2 Å². The number of carbonyl (C=O) groups is 1. The Labute approximate surface area is 168 Å². The first-order valence-corrected chi connectivity index (χ1v) is 10.9. The Morgan fingerprint density at radius 1 is 1.03 bits per heavy atom. The van der Waals surface area contributed by atoms with Gasteiger partial charge in [-0.25, -0.2) is 8.42 Å². The van der Waals surface area contributed by atoms with Crippen molar-refractivity contribution in [2.24, 2.45) is 0 Å². The van der Waals surface area contributed by atoms with E-state index in [0.29, 0.717) is 18.6 Å². The third kappa shape index (κ3) is 3.94. The van der Waals surface area contributed by atoms with Crippen molar-refractivity contribution in [1.29, 1.82) is 0 Å². The van der Waals surface area contributed by atoms with Gasteiger partial charge >= 0.3 is 0 Å². The zero-order chi connectivity index (χ0) is 20.4. The second-order valence-corrected chi connectivity index (χ2v) is 8.98. The third-order valence-electron chi connectivity index (χ3n) is 5.08. The maximum absolute atomic E-state index is 12.6. The summed E-state index contributed by atoms with van der Waals surface area (Å²) in [7, 11) is -3.46. The molecule has 0 aliphatic carbocycles. The van der Waals surface area contributed by atoms with Crippen LogP contribution in [-0.2, 0) is 16.6 Å². The number of rotatable bonds is 5. The number of hydrogen-bond acceptors (Lipinski definition) is 4. The average molecular weight is 411 g/mol. The molecule has 0 bridgehead atoms. The number of fused-ring (bicyclic) bond motifs is 1. The fraction of sp³-hybridized carbons (Fsp3) is 0.238. The monoisotopic (exact) mass is 411 g/mol. The number of hydrogen-bond donors (Lipinski definition) is 2. The van der Waals surface area contributed by atoms with E-state index in [2.05, 4.69) is 10.3 Å². The lowest BCUT2D eigenvalue weighted by Gasteiger charge is -2.15. The molecular formula is C21H21N3O4S. The molecule has 2 aromatic carbocycles. The number of nitrogens with zero attached hydrogens (tertiary/aromatic N) is 1. The first-order chi connectivity index (χ1) is 13.9. The minimum Gasteiger partial charge on any atom is -0.348 e. The zero-order valence-corrected chi connectivity index (χ0v) is 16.5. The molecule has 0 atom stereocenters. The number of pyridine rings is 1. The molecule has 1 aliphatic rings. The smallest absolute Gasteiger partial charge is 0.261 e. The van der Waals surface area contributed by atoms with E-state index in [1.807, 2.05) is 18.2 Å². The lowest BCUT2D eigenvalue weighted by Crippen LogP contribution is -2.29. The van der Waals surface area contributed by atoms with Crippen molar-refractivity contribution in [1.82, 2.24) is 14.6 Å². The molecule has 150 valence electrons. The number of H-pyrrole nitrogens is 1. The van der Waals surface area contributed by atoms with E-state index in [9.17, 15) is 18.0 Å². The summed E-state index contributed by atoms with van der Waals surface area (Å²) in [6.45, 7) is 1.30. The molecule has 0 spiro atoms. The van der Waals surface area contributed by atoms with Gasteiger partial charge in [0.05, 0.1) is 4.90 Å². The van der Waals surface area contributed by atoms with Gasteiger partial charge in [0, 0.05) is 25.2 Å². The van der Waals surface area contributed by atoms with Crippen molar-refractivity contribution >= 4 is 26.8 Å². The number of para-hydroxylation sites is 1. The molecule has 0 saturated carbocycles. The van der Waals surface area contributed by atoms with E-state index in [4.69, 9.17) is 0 Å². The first-order valence-electron chi connectivity index (χ1n) is 9.44. The minimum absolute atomic E-state index is 0.0388. The topological polar surface area (TPSA) is 99.3 Å². The Hall–Kier alpha value is -2.97. The number of carbonyl (C=O) groups excluding carboxylic acids is 1. The summed E-state index contributed by atoms with van der Waals surface area (Å²) in [4.78, 5) is 27.6. The highest BCUT2D eigenvalue weighted by Crippen LogP contribution is 2.21. The predicted octanol–water partition coefficient (Wildman–Crippen LogP) is 2.24. The van der Waals surface area contributed by atoms with Gasteiger partial charge < -0.3 is 10.3 Å². The van der Waals surface area contributed by atoms with E-state index in [1.54, 1.807) is 36.4 Å². The minimum atomic E-state index is -3.46. The number of sulfonamides is 1. The number of aromatic amines is 1. The average Bonchev–Trinajstić information content (AvgIpc) is 3.27. The molecule has 1 aliphatic heterocycles. The van der Waals surface area contributed by atoms with Crippen LogP contribution in [0.2, 0.25) is 0 Å². The highest BCUT2D eigenvalue weighted by molar-refractivity contribution is 7.89. The van der Waals surface area contributed by atoms with E-state index in [0.717, 1.165) is 23.8 Å². The van der Waals surface area contributed by atoms with Crippen LogP contribution in [0.4, 0.5) is 0 Å². The standard InChI is InChI=1S/C21H21N3O4S/c25-20(18-13-16-5-1-2-6-19(16)23-21(18)26)22-14-15-7-9-17(10-8-15)29(27,28)24-11-3-4-12-24/h1-2,5-10,13H,3-4,11-12,14H2,(H,22,25)(H,23,26). The summed E-state index contributed by atoms with van der Waals surface area (Å²) >= 11 is 0. The van der Waals surface area contributed by atoms with Crippen LogP contribution in [0.3, 0.4) is 0 Å². The first kappa shape index (κ1) is 19.4. The molecule has 1 fully saturated rings. The molecule has 1 saturated heterocycles. The van der Waals surface area contributed by atoms with Gasteiger partial charge in [-0.05, 0) is 48.1 Å². The van der Waals surface area contributed by atoms with Crippen molar-refractivity contribution in [3.63, 3.8) is 0 Å². The maximum Gasteiger partial charge on any atom is 0.261 e.